The van der Waals surface area contributed by atoms with Crippen molar-refractivity contribution in [1.29, 1.82) is 0 Å². The standard InChI is InChI=1S/C16H16FN3O2S/c1-10-15(23-9-18-10)16(22)19-13-6-14(21)20(8-13)7-11-2-4-12(17)5-3-11/h2-5,9,13H,6-8H2,1H3,(H,19,22)/t13-/m1/s1. The van der Waals surface area contributed by atoms with E-state index in [0.717, 1.165) is 5.56 Å². The second kappa shape index (κ2) is 6.45. The second-order valence-corrected chi connectivity index (χ2v) is 6.40. The van der Waals surface area contributed by atoms with Gasteiger partial charge in [0.2, 0.25) is 5.91 Å². The number of amides is 2. The molecule has 1 saturated heterocycles. The number of benzene rings is 1. The largest absolute Gasteiger partial charge is 0.346 e. The number of carbonyl (C=O) groups is 2. The molecule has 1 aliphatic heterocycles. The predicted octanol–water partition coefficient (Wildman–Crippen LogP) is 2.12. The number of hydrogen-bond donors (Lipinski definition) is 1. The molecule has 0 saturated carbocycles. The van der Waals surface area contributed by atoms with Crippen LogP contribution in [0.25, 0.3) is 0 Å². The van der Waals surface area contributed by atoms with Crippen LogP contribution in [0.2, 0.25) is 0 Å². The Bertz CT molecular complexity index is 729. The van der Waals surface area contributed by atoms with E-state index in [-0.39, 0.29) is 30.1 Å². The summed E-state index contributed by atoms with van der Waals surface area (Å²) in [6.07, 6.45) is 0.283. The number of hydrogen-bond acceptors (Lipinski definition) is 4. The molecule has 1 atom stereocenters. The maximum Gasteiger partial charge on any atom is 0.263 e. The molecule has 0 spiro atoms. The van der Waals surface area contributed by atoms with Crippen LogP contribution < -0.4 is 5.32 Å². The molecule has 2 heterocycles. The first kappa shape index (κ1) is 15.6. The third-order valence-electron chi connectivity index (χ3n) is 3.79. The summed E-state index contributed by atoms with van der Waals surface area (Å²) in [6.45, 7) is 2.66. The van der Waals surface area contributed by atoms with Gasteiger partial charge in [-0.3, -0.25) is 9.59 Å². The number of likely N-dealkylation sites (tertiary alicyclic amines) is 1. The van der Waals surface area contributed by atoms with Crippen molar-refractivity contribution in [2.45, 2.75) is 25.9 Å². The molecule has 23 heavy (non-hydrogen) atoms. The van der Waals surface area contributed by atoms with Gasteiger partial charge < -0.3 is 10.2 Å². The zero-order valence-electron chi connectivity index (χ0n) is 12.6. The molecule has 5 nitrogen and oxygen atoms in total. The van der Waals surface area contributed by atoms with E-state index >= 15 is 0 Å². The van der Waals surface area contributed by atoms with Crippen molar-refractivity contribution in [3.8, 4) is 0 Å². The molecular formula is C16H16FN3O2S. The molecule has 0 unspecified atom stereocenters. The van der Waals surface area contributed by atoms with Gasteiger partial charge in [0, 0.05) is 19.5 Å². The fraction of sp³-hybridized carbons (Fsp3) is 0.312. The number of rotatable bonds is 4. The molecule has 2 amide bonds. The summed E-state index contributed by atoms with van der Waals surface area (Å²) >= 11 is 1.29. The molecule has 0 aliphatic carbocycles. The van der Waals surface area contributed by atoms with Crippen molar-refractivity contribution in [3.63, 3.8) is 0 Å². The predicted molar refractivity (Wildman–Crippen MR) is 84.5 cm³/mol. The van der Waals surface area contributed by atoms with Gasteiger partial charge in [0.15, 0.2) is 0 Å². The van der Waals surface area contributed by atoms with Gasteiger partial charge in [0.1, 0.15) is 10.7 Å². The molecule has 120 valence electrons. The van der Waals surface area contributed by atoms with Gasteiger partial charge >= 0.3 is 0 Å². The Hall–Kier alpha value is -2.28. The Balaban J connectivity index is 1.60. The molecule has 0 radical (unpaired) electrons. The van der Waals surface area contributed by atoms with Crippen molar-refractivity contribution in [1.82, 2.24) is 15.2 Å². The van der Waals surface area contributed by atoms with Gasteiger partial charge in [-0.25, -0.2) is 9.37 Å². The molecule has 3 rings (SSSR count). The summed E-state index contributed by atoms with van der Waals surface area (Å²) in [4.78, 5) is 30.6. The molecule has 1 N–H and O–H groups in total. The van der Waals surface area contributed by atoms with Crippen molar-refractivity contribution < 1.29 is 14.0 Å². The Morgan fingerprint density at radius 3 is 2.83 bits per heavy atom. The van der Waals surface area contributed by atoms with Crippen LogP contribution in [0.4, 0.5) is 4.39 Å². The van der Waals surface area contributed by atoms with E-state index in [9.17, 15) is 14.0 Å². The molecule has 7 heteroatoms. The maximum absolute atomic E-state index is 12.9. The lowest BCUT2D eigenvalue weighted by molar-refractivity contribution is -0.128. The lowest BCUT2D eigenvalue weighted by atomic mass is 10.2. The van der Waals surface area contributed by atoms with Gasteiger partial charge in [-0.15, -0.1) is 11.3 Å². The first-order chi connectivity index (χ1) is 11.0. The van der Waals surface area contributed by atoms with Gasteiger partial charge in [0.05, 0.1) is 17.2 Å². The summed E-state index contributed by atoms with van der Waals surface area (Å²) in [5, 5.41) is 2.89. The molecule has 2 aromatic rings. The molecule has 1 aromatic heterocycles. The monoisotopic (exact) mass is 333 g/mol. The van der Waals surface area contributed by atoms with Crippen LogP contribution in [0.5, 0.6) is 0 Å². The number of nitrogens with zero attached hydrogens (tertiary/aromatic N) is 2. The quantitative estimate of drug-likeness (QED) is 0.932. The van der Waals surface area contributed by atoms with Crippen LogP contribution in [0.15, 0.2) is 29.8 Å². The summed E-state index contributed by atoms with van der Waals surface area (Å²) in [7, 11) is 0. The average Bonchev–Trinajstić information content (AvgIpc) is 3.08. The lowest BCUT2D eigenvalue weighted by Gasteiger charge is -2.17. The zero-order chi connectivity index (χ0) is 16.4. The van der Waals surface area contributed by atoms with Crippen LogP contribution in [0, 0.1) is 12.7 Å². The van der Waals surface area contributed by atoms with Crippen LogP contribution in [-0.2, 0) is 11.3 Å². The highest BCUT2D eigenvalue weighted by Crippen LogP contribution is 2.17. The number of aromatic nitrogens is 1. The van der Waals surface area contributed by atoms with Gasteiger partial charge in [-0.05, 0) is 24.6 Å². The minimum absolute atomic E-state index is 0.0133. The number of thiazole rings is 1. The van der Waals surface area contributed by atoms with Crippen molar-refractivity contribution in [2.75, 3.05) is 6.54 Å². The van der Waals surface area contributed by atoms with Gasteiger partial charge in [0.25, 0.3) is 5.91 Å². The van der Waals surface area contributed by atoms with Crippen molar-refractivity contribution in [2.24, 2.45) is 0 Å². The maximum atomic E-state index is 12.9. The molecule has 1 fully saturated rings. The van der Waals surface area contributed by atoms with Crippen molar-refractivity contribution in [3.05, 3.63) is 51.7 Å². The molecule has 0 bridgehead atoms. The SMILES string of the molecule is Cc1ncsc1C(=O)N[C@@H]1CC(=O)N(Cc2ccc(F)cc2)C1. The van der Waals surface area contributed by atoms with Crippen LogP contribution in [0.3, 0.4) is 0 Å². The van der Waals surface area contributed by atoms with Crippen LogP contribution in [-0.4, -0.2) is 34.3 Å². The topological polar surface area (TPSA) is 62.3 Å². The van der Waals surface area contributed by atoms with E-state index in [1.165, 1.54) is 23.5 Å². The van der Waals surface area contributed by atoms with E-state index in [1.54, 1.807) is 29.5 Å². The highest BCUT2D eigenvalue weighted by Gasteiger charge is 2.31. The first-order valence-electron chi connectivity index (χ1n) is 7.26. The Morgan fingerprint density at radius 1 is 1.43 bits per heavy atom. The van der Waals surface area contributed by atoms with Crippen LogP contribution in [0.1, 0.15) is 27.3 Å². The summed E-state index contributed by atoms with van der Waals surface area (Å²) in [5.41, 5.74) is 3.19. The third kappa shape index (κ3) is 3.56. The number of aryl methyl sites for hydroxylation is 1. The minimum Gasteiger partial charge on any atom is -0.346 e. The smallest absolute Gasteiger partial charge is 0.263 e. The Kier molecular flexibility index (Phi) is 4.38. The highest BCUT2D eigenvalue weighted by atomic mass is 32.1. The van der Waals surface area contributed by atoms with E-state index in [4.69, 9.17) is 0 Å². The second-order valence-electron chi connectivity index (χ2n) is 5.54. The van der Waals surface area contributed by atoms with Crippen molar-refractivity contribution >= 4 is 23.2 Å². The fourth-order valence-corrected chi connectivity index (χ4v) is 3.31. The lowest BCUT2D eigenvalue weighted by Crippen LogP contribution is -2.36. The summed E-state index contributed by atoms with van der Waals surface area (Å²) < 4.78 is 12.9. The van der Waals surface area contributed by atoms with Gasteiger partial charge in [-0.2, -0.15) is 0 Å². The Labute approximate surface area is 137 Å². The molecule has 1 aliphatic rings. The third-order valence-corrected chi connectivity index (χ3v) is 4.72. The first-order valence-corrected chi connectivity index (χ1v) is 8.14. The fourth-order valence-electron chi connectivity index (χ4n) is 2.60. The highest BCUT2D eigenvalue weighted by molar-refractivity contribution is 7.11. The molecular weight excluding hydrogens is 317 g/mol. The number of carbonyl (C=O) groups excluding carboxylic acids is 2. The minimum atomic E-state index is -0.299. The van der Waals surface area contributed by atoms with Gasteiger partial charge in [-0.1, -0.05) is 12.1 Å². The van der Waals surface area contributed by atoms with E-state index < -0.39 is 0 Å². The van der Waals surface area contributed by atoms with Crippen LogP contribution >= 0.6 is 11.3 Å². The van der Waals surface area contributed by atoms with E-state index in [0.29, 0.717) is 23.7 Å². The Morgan fingerprint density at radius 2 is 2.17 bits per heavy atom. The number of halogens is 1. The normalized spacial score (nSPS) is 17.6. The van der Waals surface area contributed by atoms with E-state index in [1.807, 2.05) is 0 Å². The number of nitrogens with one attached hydrogen (secondary N) is 1. The molecule has 1 aromatic carbocycles. The summed E-state index contributed by atoms with van der Waals surface area (Å²) in [5.74, 6) is -0.501. The van der Waals surface area contributed by atoms with E-state index in [2.05, 4.69) is 10.3 Å². The summed E-state index contributed by atoms with van der Waals surface area (Å²) in [6, 6.07) is 5.87. The zero-order valence-corrected chi connectivity index (χ0v) is 13.4. The average molecular weight is 333 g/mol.